The van der Waals surface area contributed by atoms with Crippen molar-refractivity contribution in [3.8, 4) is 0 Å². The number of aromatic nitrogens is 1. The Morgan fingerprint density at radius 1 is 2.17 bits per heavy atom. The van der Waals surface area contributed by atoms with Gasteiger partial charge in [-0.1, -0.05) is 11.3 Å². The Hall–Kier alpha value is -0.130. The Bertz CT molecular complexity index is 537. The third-order valence-electron chi connectivity index (χ3n) is 1.14. The predicted octanol–water partition coefficient (Wildman–Crippen LogP) is 1.74. The average Bonchev–Trinajstić information content (AvgIpc) is 2.54. The summed E-state index contributed by atoms with van der Waals surface area (Å²) in [5, 5.41) is -0.182. The van der Waals surface area contributed by atoms with E-state index in [9.17, 15) is 0 Å². The molecule has 0 radical (unpaired) electrons. The molecular weight excluding hydrogens is 240 g/mol. The van der Waals surface area contributed by atoms with Crippen molar-refractivity contribution in [2.24, 2.45) is 0 Å². The lowest BCUT2D eigenvalue weighted by Gasteiger charge is -2.37. The van der Waals surface area contributed by atoms with E-state index < -0.39 is 26.1 Å². The molecule has 1 fully saturated rings. The molecule has 2 rings (SSSR count). The van der Waals surface area contributed by atoms with Gasteiger partial charge >= 0.3 is 0 Å². The first-order valence-corrected chi connectivity index (χ1v) is 4.48. The Balaban J connectivity index is 2.44. The van der Waals surface area contributed by atoms with Gasteiger partial charge in [0.2, 0.25) is 0 Å². The van der Waals surface area contributed by atoms with Crippen molar-refractivity contribution in [3.05, 3.63) is 9.96 Å². The van der Waals surface area contributed by atoms with E-state index in [0.29, 0.717) is 4.90 Å². The molecule has 0 atom stereocenters. The lowest BCUT2D eigenvalue weighted by atomic mass is 10.2. The van der Waals surface area contributed by atoms with Crippen LogP contribution in [0, 0.1) is 0 Å². The Labute approximate surface area is 96.1 Å². The summed E-state index contributed by atoms with van der Waals surface area (Å²) in [5.41, 5.74) is 0. The molecule has 1 saturated heterocycles. The normalized spacial score (nSPS) is 41.1. The van der Waals surface area contributed by atoms with E-state index in [-0.39, 0.29) is 15.1 Å². The largest absolute Gasteiger partial charge is 0.378 e. The number of thiazole rings is 1. The van der Waals surface area contributed by atoms with Gasteiger partial charge in [0.15, 0.2) is 5.13 Å². The summed E-state index contributed by atoms with van der Waals surface area (Å²) in [6.45, 7) is -5.54. The fourth-order valence-electron chi connectivity index (χ4n) is 0.658. The van der Waals surface area contributed by atoms with Crippen molar-refractivity contribution in [2.75, 3.05) is 24.9 Å². The molecule has 66 valence electrons. The number of ether oxygens (including phenoxy) is 1. The molecule has 5 heteroatoms. The lowest BCUT2D eigenvalue weighted by Crippen LogP contribution is -2.51. The van der Waals surface area contributed by atoms with Crippen LogP contribution >= 0.6 is 27.3 Å². The molecule has 2 heterocycles. The Kier molecular flexibility index (Phi) is 0.810. The van der Waals surface area contributed by atoms with Gasteiger partial charge < -0.3 is 9.64 Å². The van der Waals surface area contributed by atoms with Crippen LogP contribution in [0.15, 0.2) is 9.96 Å². The Morgan fingerprint density at radius 3 is 3.58 bits per heavy atom. The minimum absolute atomic E-state index is 0.182. The standard InChI is InChI=1S/C7H9BrN2OS/c1-11-5-3-10(4-5)7-9-2-6(8)12-7/h2,5H,3-4H2,1H3/i1D3,2D,3D2,4D2,5D. The summed E-state index contributed by atoms with van der Waals surface area (Å²) >= 11 is 3.82. The van der Waals surface area contributed by atoms with Gasteiger partial charge in [-0.25, -0.2) is 4.98 Å². The zero-order chi connectivity index (χ0) is 16.4. The van der Waals surface area contributed by atoms with E-state index in [1.807, 2.05) is 0 Å². The molecule has 3 nitrogen and oxygen atoms in total. The van der Waals surface area contributed by atoms with Crippen LogP contribution in [0.5, 0.6) is 0 Å². The zero-order valence-corrected chi connectivity index (χ0v) is 7.99. The summed E-state index contributed by atoms with van der Waals surface area (Å²) in [5.74, 6) is 0. The summed E-state index contributed by atoms with van der Waals surface area (Å²) < 4.78 is 72.1. The van der Waals surface area contributed by atoms with Crippen molar-refractivity contribution in [1.82, 2.24) is 4.98 Å². The Morgan fingerprint density at radius 2 is 3.00 bits per heavy atom. The molecule has 0 spiro atoms. The fraction of sp³-hybridized carbons (Fsp3) is 0.571. The maximum Gasteiger partial charge on any atom is 0.186 e. The molecule has 0 N–H and O–H groups in total. The van der Waals surface area contributed by atoms with Gasteiger partial charge in [-0.05, 0) is 15.9 Å². The molecule has 0 amide bonds. The molecule has 0 aromatic carbocycles. The average molecular weight is 258 g/mol. The predicted molar refractivity (Wildman–Crippen MR) is 52.8 cm³/mol. The molecular formula is C7H9BrN2OS. The van der Waals surface area contributed by atoms with Gasteiger partial charge in [0.05, 0.1) is 28.4 Å². The minimum atomic E-state index is -3.13. The van der Waals surface area contributed by atoms with E-state index in [0.717, 1.165) is 11.3 Å². The second kappa shape index (κ2) is 3.32. The van der Waals surface area contributed by atoms with Crippen molar-refractivity contribution < 1.29 is 17.1 Å². The van der Waals surface area contributed by atoms with Crippen LogP contribution in [0.1, 0.15) is 12.3 Å². The third-order valence-corrected chi connectivity index (χ3v) is 2.53. The van der Waals surface area contributed by atoms with Gasteiger partial charge in [0.1, 0.15) is 0 Å². The maximum atomic E-state index is 7.81. The topological polar surface area (TPSA) is 25.4 Å². The van der Waals surface area contributed by atoms with Crippen LogP contribution in [-0.4, -0.2) is 31.1 Å². The summed E-state index contributed by atoms with van der Waals surface area (Å²) in [6.07, 6.45) is -3.16. The van der Waals surface area contributed by atoms with Gasteiger partial charge in [0.25, 0.3) is 0 Å². The van der Waals surface area contributed by atoms with Gasteiger partial charge in [-0.2, -0.15) is 0 Å². The maximum absolute atomic E-state index is 7.81. The molecule has 0 saturated carbocycles. The highest BCUT2D eigenvalue weighted by atomic mass is 79.9. The fourth-order valence-corrected chi connectivity index (χ4v) is 1.71. The van der Waals surface area contributed by atoms with Gasteiger partial charge in [0, 0.05) is 20.0 Å². The van der Waals surface area contributed by atoms with Crippen molar-refractivity contribution >= 4 is 32.4 Å². The number of nitrogens with zero attached hydrogens (tertiary/aromatic N) is 2. The molecule has 1 aromatic rings. The van der Waals surface area contributed by atoms with Crippen LogP contribution in [0.4, 0.5) is 5.13 Å². The number of anilines is 1. The molecule has 1 aromatic heterocycles. The van der Waals surface area contributed by atoms with Crippen LogP contribution in [0.25, 0.3) is 0 Å². The van der Waals surface area contributed by atoms with E-state index in [1.54, 1.807) is 0 Å². The van der Waals surface area contributed by atoms with Crippen molar-refractivity contribution in [2.45, 2.75) is 6.08 Å². The number of hydrogen-bond donors (Lipinski definition) is 0. The highest BCUT2D eigenvalue weighted by Gasteiger charge is 2.28. The molecule has 0 bridgehead atoms. The number of methoxy groups -OCH3 is 1. The van der Waals surface area contributed by atoms with E-state index in [4.69, 9.17) is 12.3 Å². The van der Waals surface area contributed by atoms with E-state index in [2.05, 4.69) is 25.7 Å². The van der Waals surface area contributed by atoms with Crippen molar-refractivity contribution in [1.29, 1.82) is 0 Å². The monoisotopic (exact) mass is 257 g/mol. The molecule has 0 aliphatic carbocycles. The van der Waals surface area contributed by atoms with E-state index >= 15 is 0 Å². The quantitative estimate of drug-likeness (QED) is 0.808. The third kappa shape index (κ3) is 1.48. The van der Waals surface area contributed by atoms with Gasteiger partial charge in [-0.15, -0.1) is 0 Å². The van der Waals surface area contributed by atoms with Crippen LogP contribution in [0.3, 0.4) is 0 Å². The second-order valence-corrected chi connectivity index (χ2v) is 4.17. The highest BCUT2D eigenvalue weighted by Crippen LogP contribution is 2.29. The first kappa shape index (κ1) is 2.93. The molecule has 12 heavy (non-hydrogen) atoms. The SMILES string of the molecule is [2H]c1nc(N2C([2H])([2H])C([2H])(OC([2H])([2H])[2H])C2([2H])[2H])sc1Br. The number of hydrogen-bond acceptors (Lipinski definition) is 4. The number of halogens is 1. The van der Waals surface area contributed by atoms with Crippen molar-refractivity contribution in [3.63, 3.8) is 0 Å². The van der Waals surface area contributed by atoms with Crippen LogP contribution in [0.2, 0.25) is 0 Å². The minimum Gasteiger partial charge on any atom is -0.378 e. The van der Waals surface area contributed by atoms with E-state index in [1.165, 1.54) is 0 Å². The molecule has 0 unspecified atom stereocenters. The summed E-state index contributed by atoms with van der Waals surface area (Å²) in [7, 11) is -3.13. The zero-order valence-electron chi connectivity index (χ0n) is 14.6. The number of rotatable bonds is 2. The van der Waals surface area contributed by atoms with Crippen LogP contribution in [-0.2, 0) is 4.74 Å². The first-order valence-electron chi connectivity index (χ1n) is 7.37. The lowest BCUT2D eigenvalue weighted by molar-refractivity contribution is 0.0787. The first-order chi connectivity index (χ1) is 9.24. The summed E-state index contributed by atoms with van der Waals surface area (Å²) in [6, 6.07) is 0. The molecule has 1 aliphatic heterocycles. The molecule has 1 aliphatic rings. The van der Waals surface area contributed by atoms with Crippen LogP contribution < -0.4 is 4.90 Å². The summed E-state index contributed by atoms with van der Waals surface area (Å²) in [4.78, 5) is 4.20. The van der Waals surface area contributed by atoms with Gasteiger partial charge in [-0.3, -0.25) is 0 Å². The smallest absolute Gasteiger partial charge is 0.186 e. The second-order valence-electron chi connectivity index (χ2n) is 1.87. The highest BCUT2D eigenvalue weighted by molar-refractivity contribution is 9.11.